The van der Waals surface area contributed by atoms with Crippen LogP contribution in [0.1, 0.15) is 25.0 Å². The maximum Gasteiger partial charge on any atom is 0.435 e. The SMILES string of the molecule is CN(CCCCCCl)c1nccn2nc(C(F)(F)F)cc12. The summed E-state index contributed by atoms with van der Waals surface area (Å²) in [6, 6.07) is 1.03. The molecule has 0 aliphatic rings. The zero-order valence-electron chi connectivity index (χ0n) is 11.6. The average molecular weight is 321 g/mol. The van der Waals surface area contributed by atoms with E-state index in [1.807, 2.05) is 11.9 Å². The van der Waals surface area contributed by atoms with Gasteiger partial charge in [0.15, 0.2) is 11.5 Å². The van der Waals surface area contributed by atoms with Crippen LogP contribution in [-0.4, -0.2) is 34.1 Å². The Labute approximate surface area is 125 Å². The Morgan fingerprint density at radius 1 is 1.29 bits per heavy atom. The first-order chi connectivity index (χ1) is 9.93. The summed E-state index contributed by atoms with van der Waals surface area (Å²) in [6.45, 7) is 0.704. The fourth-order valence-electron chi connectivity index (χ4n) is 2.07. The quantitative estimate of drug-likeness (QED) is 0.602. The molecule has 0 unspecified atom stereocenters. The van der Waals surface area contributed by atoms with Crippen LogP contribution in [0.4, 0.5) is 19.0 Å². The molecule has 0 spiro atoms. The van der Waals surface area contributed by atoms with Crippen molar-refractivity contribution in [3.8, 4) is 0 Å². The van der Waals surface area contributed by atoms with Crippen LogP contribution < -0.4 is 4.90 Å². The highest BCUT2D eigenvalue weighted by molar-refractivity contribution is 6.17. The molecule has 0 saturated heterocycles. The third-order valence-electron chi connectivity index (χ3n) is 3.15. The van der Waals surface area contributed by atoms with Crippen LogP contribution in [0.25, 0.3) is 5.52 Å². The van der Waals surface area contributed by atoms with E-state index in [0.717, 1.165) is 25.3 Å². The molecule has 2 rings (SSSR count). The molecule has 0 fully saturated rings. The van der Waals surface area contributed by atoms with Gasteiger partial charge >= 0.3 is 6.18 Å². The van der Waals surface area contributed by atoms with Crippen LogP contribution in [0.15, 0.2) is 18.5 Å². The maximum absolute atomic E-state index is 12.7. The average Bonchev–Trinajstić information content (AvgIpc) is 2.87. The number of unbranched alkanes of at least 4 members (excludes halogenated alkanes) is 2. The number of halogens is 4. The fourth-order valence-corrected chi connectivity index (χ4v) is 2.26. The van der Waals surface area contributed by atoms with E-state index in [4.69, 9.17) is 11.6 Å². The van der Waals surface area contributed by atoms with E-state index in [9.17, 15) is 13.2 Å². The second-order valence-electron chi connectivity index (χ2n) is 4.78. The molecule has 0 aromatic carbocycles. The number of anilines is 1. The van der Waals surface area contributed by atoms with Crippen LogP contribution in [0, 0.1) is 0 Å². The van der Waals surface area contributed by atoms with Gasteiger partial charge in [0, 0.05) is 37.9 Å². The number of rotatable bonds is 6. The van der Waals surface area contributed by atoms with Crippen molar-refractivity contribution in [1.82, 2.24) is 14.6 Å². The topological polar surface area (TPSA) is 33.4 Å². The number of alkyl halides is 4. The van der Waals surface area contributed by atoms with Crippen LogP contribution in [0.5, 0.6) is 0 Å². The van der Waals surface area contributed by atoms with E-state index in [0.29, 0.717) is 23.8 Å². The molecule has 0 bridgehead atoms. The Morgan fingerprint density at radius 3 is 2.71 bits per heavy atom. The first-order valence-corrected chi connectivity index (χ1v) is 7.15. The molecule has 4 nitrogen and oxygen atoms in total. The number of nitrogens with zero attached hydrogens (tertiary/aromatic N) is 4. The van der Waals surface area contributed by atoms with Gasteiger partial charge in [0.05, 0.1) is 0 Å². The van der Waals surface area contributed by atoms with Crippen molar-refractivity contribution in [2.75, 3.05) is 24.4 Å². The number of aromatic nitrogens is 3. The van der Waals surface area contributed by atoms with E-state index in [2.05, 4.69) is 10.1 Å². The van der Waals surface area contributed by atoms with Crippen molar-refractivity contribution in [3.05, 3.63) is 24.2 Å². The summed E-state index contributed by atoms with van der Waals surface area (Å²) < 4.78 is 39.4. The molecule has 116 valence electrons. The van der Waals surface area contributed by atoms with E-state index in [1.165, 1.54) is 16.9 Å². The van der Waals surface area contributed by atoms with Gasteiger partial charge in [0.25, 0.3) is 0 Å². The normalized spacial score (nSPS) is 12.0. The van der Waals surface area contributed by atoms with Crippen LogP contribution in [0.2, 0.25) is 0 Å². The molecule has 0 N–H and O–H groups in total. The van der Waals surface area contributed by atoms with E-state index in [1.54, 1.807) is 0 Å². The first kappa shape index (κ1) is 15.9. The van der Waals surface area contributed by atoms with Gasteiger partial charge in [0.2, 0.25) is 0 Å². The summed E-state index contributed by atoms with van der Waals surface area (Å²) in [5.41, 5.74) is -0.558. The van der Waals surface area contributed by atoms with Gasteiger partial charge in [-0.1, -0.05) is 6.42 Å². The lowest BCUT2D eigenvalue weighted by molar-refractivity contribution is -0.141. The molecule has 2 aromatic heterocycles. The van der Waals surface area contributed by atoms with Crippen molar-refractivity contribution in [2.45, 2.75) is 25.4 Å². The Bertz CT molecular complexity index is 597. The Kier molecular flexibility index (Phi) is 4.92. The Balaban J connectivity index is 2.21. The van der Waals surface area contributed by atoms with Gasteiger partial charge in [-0.25, -0.2) is 9.50 Å². The van der Waals surface area contributed by atoms with Gasteiger partial charge in [-0.3, -0.25) is 0 Å². The highest BCUT2D eigenvalue weighted by atomic mass is 35.5. The molecule has 21 heavy (non-hydrogen) atoms. The summed E-state index contributed by atoms with van der Waals surface area (Å²) in [7, 11) is 1.81. The van der Waals surface area contributed by atoms with Crippen LogP contribution >= 0.6 is 11.6 Å². The van der Waals surface area contributed by atoms with Crippen molar-refractivity contribution < 1.29 is 13.2 Å². The third kappa shape index (κ3) is 3.78. The second kappa shape index (κ2) is 6.51. The molecule has 2 heterocycles. The molecule has 0 saturated carbocycles. The van der Waals surface area contributed by atoms with Gasteiger partial charge < -0.3 is 4.90 Å². The molecular formula is C13H16ClF3N4. The summed E-state index contributed by atoms with van der Waals surface area (Å²) in [5.74, 6) is 1.11. The largest absolute Gasteiger partial charge is 0.435 e. The minimum absolute atomic E-state index is 0.352. The van der Waals surface area contributed by atoms with Crippen molar-refractivity contribution in [2.24, 2.45) is 0 Å². The van der Waals surface area contributed by atoms with Gasteiger partial charge in [0.1, 0.15) is 5.52 Å². The lowest BCUT2D eigenvalue weighted by atomic mass is 10.2. The molecule has 0 amide bonds. The highest BCUT2D eigenvalue weighted by Gasteiger charge is 2.34. The predicted molar refractivity (Wildman–Crippen MR) is 75.8 cm³/mol. The fraction of sp³-hybridized carbons (Fsp3) is 0.538. The maximum atomic E-state index is 12.7. The molecule has 0 aliphatic carbocycles. The van der Waals surface area contributed by atoms with Gasteiger partial charge in [-0.2, -0.15) is 18.3 Å². The predicted octanol–water partition coefficient (Wildman–Crippen LogP) is 3.59. The third-order valence-corrected chi connectivity index (χ3v) is 3.42. The first-order valence-electron chi connectivity index (χ1n) is 6.62. The Morgan fingerprint density at radius 2 is 2.05 bits per heavy atom. The van der Waals surface area contributed by atoms with Crippen molar-refractivity contribution in [3.63, 3.8) is 0 Å². The number of fused-ring (bicyclic) bond motifs is 1. The number of hydrogen-bond acceptors (Lipinski definition) is 3. The summed E-state index contributed by atoms with van der Waals surface area (Å²) >= 11 is 5.61. The minimum Gasteiger partial charge on any atom is -0.358 e. The van der Waals surface area contributed by atoms with Crippen LogP contribution in [0.3, 0.4) is 0 Å². The van der Waals surface area contributed by atoms with Crippen LogP contribution in [-0.2, 0) is 6.18 Å². The molecular weight excluding hydrogens is 305 g/mol. The molecule has 8 heteroatoms. The van der Waals surface area contributed by atoms with E-state index in [-0.39, 0.29) is 0 Å². The monoisotopic (exact) mass is 320 g/mol. The van der Waals surface area contributed by atoms with Gasteiger partial charge in [-0.05, 0) is 12.8 Å². The lowest BCUT2D eigenvalue weighted by Gasteiger charge is -2.18. The summed E-state index contributed by atoms with van der Waals surface area (Å²) in [6.07, 6.45) is 1.22. The molecule has 0 radical (unpaired) electrons. The van der Waals surface area contributed by atoms with Crippen molar-refractivity contribution in [1.29, 1.82) is 0 Å². The van der Waals surface area contributed by atoms with E-state index < -0.39 is 11.9 Å². The second-order valence-corrected chi connectivity index (χ2v) is 5.16. The molecule has 0 atom stereocenters. The number of hydrogen-bond donors (Lipinski definition) is 0. The van der Waals surface area contributed by atoms with E-state index >= 15 is 0 Å². The smallest absolute Gasteiger partial charge is 0.358 e. The van der Waals surface area contributed by atoms with Crippen molar-refractivity contribution >= 4 is 22.9 Å². The minimum atomic E-state index is -4.46. The van der Waals surface area contributed by atoms with Gasteiger partial charge in [-0.15, -0.1) is 11.6 Å². The highest BCUT2D eigenvalue weighted by Crippen LogP contribution is 2.30. The lowest BCUT2D eigenvalue weighted by Crippen LogP contribution is -2.20. The Hall–Kier alpha value is -1.50. The summed E-state index contributed by atoms with van der Waals surface area (Å²) in [5, 5.41) is 3.54. The molecule has 0 aliphatic heterocycles. The zero-order chi connectivity index (χ0) is 15.5. The molecule has 2 aromatic rings. The zero-order valence-corrected chi connectivity index (χ0v) is 12.3. The standard InChI is InChI=1S/C13H16ClF3N4/c1-20(7-4-2-3-5-14)12-10-9-11(13(15,16)17)19-21(10)8-6-18-12/h6,8-9H,2-5,7H2,1H3. The summed E-state index contributed by atoms with van der Waals surface area (Å²) in [4.78, 5) is 6.01.